The van der Waals surface area contributed by atoms with Crippen molar-refractivity contribution in [2.75, 3.05) is 0 Å². The zero-order chi connectivity index (χ0) is 20.4. The van der Waals surface area contributed by atoms with E-state index in [4.69, 9.17) is 0 Å². The van der Waals surface area contributed by atoms with Crippen molar-refractivity contribution in [1.29, 1.82) is 5.26 Å². The molecule has 4 rings (SSSR count). The van der Waals surface area contributed by atoms with Crippen LogP contribution in [0.1, 0.15) is 42.1 Å². The molecule has 2 fully saturated rings. The van der Waals surface area contributed by atoms with Crippen molar-refractivity contribution in [2.45, 2.75) is 50.7 Å². The molecule has 2 aliphatic rings. The average Bonchev–Trinajstić information content (AvgIpc) is 3.37. The van der Waals surface area contributed by atoms with E-state index in [1.54, 1.807) is 6.92 Å². The van der Waals surface area contributed by atoms with Crippen LogP contribution in [0, 0.1) is 17.2 Å². The number of ketones is 1. The Bertz CT molecular complexity index is 944. The van der Waals surface area contributed by atoms with Crippen molar-refractivity contribution < 1.29 is 9.59 Å². The molecule has 2 aromatic rings. The minimum absolute atomic E-state index is 0.0501. The van der Waals surface area contributed by atoms with E-state index in [0.717, 1.165) is 36.0 Å². The third-order valence-electron chi connectivity index (χ3n) is 6.13. The molecule has 4 atom stereocenters. The molecular formula is C24H25N3O2. The Morgan fingerprint density at radius 3 is 2.28 bits per heavy atom. The van der Waals surface area contributed by atoms with Crippen molar-refractivity contribution in [1.82, 2.24) is 10.6 Å². The lowest BCUT2D eigenvalue weighted by Crippen LogP contribution is -2.50. The topological polar surface area (TPSA) is 82.0 Å². The molecule has 0 spiro atoms. The first-order valence-electron chi connectivity index (χ1n) is 10.2. The van der Waals surface area contributed by atoms with E-state index in [2.05, 4.69) is 16.7 Å². The van der Waals surface area contributed by atoms with Crippen LogP contribution in [0.15, 0.2) is 48.5 Å². The number of nitrogens with one attached hydrogen (secondary N) is 2. The summed E-state index contributed by atoms with van der Waals surface area (Å²) in [5, 5.41) is 15.8. The highest BCUT2D eigenvalue weighted by molar-refractivity contribution is 5.94. The zero-order valence-electron chi connectivity index (χ0n) is 16.5. The second-order valence-corrected chi connectivity index (χ2v) is 8.14. The number of nitrogens with zero attached hydrogens (tertiary/aromatic N) is 1. The second kappa shape index (κ2) is 8.18. The molecule has 2 N–H and O–H groups in total. The molecule has 3 unspecified atom stereocenters. The lowest BCUT2D eigenvalue weighted by Gasteiger charge is -2.23. The Balaban J connectivity index is 1.37. The zero-order valence-corrected chi connectivity index (χ0v) is 16.5. The minimum Gasteiger partial charge on any atom is -0.339 e. The van der Waals surface area contributed by atoms with E-state index in [1.807, 2.05) is 48.5 Å². The van der Waals surface area contributed by atoms with Gasteiger partial charge in [-0.3, -0.25) is 9.59 Å². The molecule has 1 amide bonds. The minimum atomic E-state index is -0.538. The molecule has 1 saturated heterocycles. The van der Waals surface area contributed by atoms with E-state index in [-0.39, 0.29) is 17.7 Å². The Morgan fingerprint density at radius 1 is 1.10 bits per heavy atom. The number of rotatable bonds is 6. The molecule has 5 nitrogen and oxygen atoms in total. The molecule has 148 valence electrons. The van der Waals surface area contributed by atoms with Gasteiger partial charge in [-0.1, -0.05) is 48.5 Å². The molecule has 1 aliphatic heterocycles. The maximum atomic E-state index is 12.6. The van der Waals surface area contributed by atoms with Gasteiger partial charge in [0.1, 0.15) is 6.04 Å². The summed E-state index contributed by atoms with van der Waals surface area (Å²) in [7, 11) is 0. The monoisotopic (exact) mass is 387 g/mol. The van der Waals surface area contributed by atoms with E-state index in [0.29, 0.717) is 23.9 Å². The largest absolute Gasteiger partial charge is 0.339 e. The van der Waals surface area contributed by atoms with Gasteiger partial charge in [-0.2, -0.15) is 5.26 Å². The number of piperidine rings is 1. The lowest BCUT2D eigenvalue weighted by molar-refractivity contribution is -0.124. The highest BCUT2D eigenvalue weighted by Gasteiger charge is 2.43. The standard InChI is InChI=1S/C24H25N3O2/c1-15(28)17-6-8-19(9-7-17)18-4-2-16(3-5-18)12-22(14-25)27-24(29)23-20-10-11-21(13-20)26-23/h2-9,20-23,26H,10-13H2,1H3,(H,27,29)/t20?,21?,22-,23?/m0/s1. The summed E-state index contributed by atoms with van der Waals surface area (Å²) < 4.78 is 0. The van der Waals surface area contributed by atoms with E-state index in [1.165, 1.54) is 0 Å². The highest BCUT2D eigenvalue weighted by Crippen LogP contribution is 2.35. The molecule has 1 saturated carbocycles. The fourth-order valence-corrected chi connectivity index (χ4v) is 4.51. The number of fused-ring (bicyclic) bond motifs is 2. The summed E-state index contributed by atoms with van der Waals surface area (Å²) in [4.78, 5) is 24.0. The van der Waals surface area contributed by atoms with Crippen LogP contribution in [0.25, 0.3) is 11.1 Å². The maximum absolute atomic E-state index is 12.6. The summed E-state index contributed by atoms with van der Waals surface area (Å²) in [5.41, 5.74) is 3.78. The number of amides is 1. The van der Waals surface area contributed by atoms with E-state index in [9.17, 15) is 14.9 Å². The van der Waals surface area contributed by atoms with Crippen molar-refractivity contribution in [3.63, 3.8) is 0 Å². The van der Waals surface area contributed by atoms with Gasteiger partial charge in [0.15, 0.2) is 5.78 Å². The fourth-order valence-electron chi connectivity index (χ4n) is 4.51. The van der Waals surface area contributed by atoms with Gasteiger partial charge in [-0.05, 0) is 48.8 Å². The first-order chi connectivity index (χ1) is 14.0. The third-order valence-corrected chi connectivity index (χ3v) is 6.13. The average molecular weight is 387 g/mol. The van der Waals surface area contributed by atoms with Crippen LogP contribution in [0.4, 0.5) is 0 Å². The van der Waals surface area contributed by atoms with Crippen LogP contribution in [0.3, 0.4) is 0 Å². The Hall–Kier alpha value is -2.97. The fraction of sp³-hybridized carbons (Fsp3) is 0.375. The predicted molar refractivity (Wildman–Crippen MR) is 111 cm³/mol. The number of carbonyl (C=O) groups excluding carboxylic acids is 2. The van der Waals surface area contributed by atoms with Gasteiger partial charge in [0, 0.05) is 18.0 Å². The third kappa shape index (κ3) is 4.23. The smallest absolute Gasteiger partial charge is 0.238 e. The Kier molecular flexibility index (Phi) is 5.46. The first kappa shape index (κ1) is 19.4. The van der Waals surface area contributed by atoms with Gasteiger partial charge in [-0.25, -0.2) is 0 Å². The number of carbonyl (C=O) groups is 2. The predicted octanol–water partition coefficient (Wildman–Crippen LogP) is 3.25. The molecule has 29 heavy (non-hydrogen) atoms. The van der Waals surface area contributed by atoms with Gasteiger partial charge in [0.25, 0.3) is 0 Å². The van der Waals surface area contributed by atoms with Crippen LogP contribution in [0.2, 0.25) is 0 Å². The number of Topliss-reactive ketones (excluding diaryl/α,β-unsaturated/α-hetero) is 1. The highest BCUT2D eigenvalue weighted by atomic mass is 16.2. The second-order valence-electron chi connectivity index (χ2n) is 8.14. The van der Waals surface area contributed by atoms with Crippen molar-refractivity contribution >= 4 is 11.7 Å². The normalized spacial score (nSPS) is 23.4. The van der Waals surface area contributed by atoms with Crippen molar-refractivity contribution in [2.24, 2.45) is 5.92 Å². The summed E-state index contributed by atoms with van der Waals surface area (Å²) in [6.07, 6.45) is 3.80. The summed E-state index contributed by atoms with van der Waals surface area (Å²) in [6.45, 7) is 1.56. The summed E-state index contributed by atoms with van der Waals surface area (Å²) >= 11 is 0. The summed E-state index contributed by atoms with van der Waals surface area (Å²) in [5.74, 6) is 0.413. The van der Waals surface area contributed by atoms with Crippen LogP contribution in [-0.4, -0.2) is 29.8 Å². The van der Waals surface area contributed by atoms with Crippen LogP contribution >= 0.6 is 0 Å². The first-order valence-corrected chi connectivity index (χ1v) is 10.2. The summed E-state index contributed by atoms with van der Waals surface area (Å²) in [6, 6.07) is 17.5. The number of nitriles is 1. The van der Waals surface area contributed by atoms with E-state index < -0.39 is 6.04 Å². The lowest BCUT2D eigenvalue weighted by atomic mass is 9.98. The molecule has 0 radical (unpaired) electrons. The van der Waals surface area contributed by atoms with Crippen molar-refractivity contribution in [3.05, 3.63) is 59.7 Å². The maximum Gasteiger partial charge on any atom is 0.238 e. The van der Waals surface area contributed by atoms with Gasteiger partial charge >= 0.3 is 0 Å². The quantitative estimate of drug-likeness (QED) is 0.746. The van der Waals surface area contributed by atoms with E-state index >= 15 is 0 Å². The number of hydrogen-bond acceptors (Lipinski definition) is 4. The molecule has 1 heterocycles. The SMILES string of the molecule is CC(=O)c1ccc(-c2ccc(C[C@@H](C#N)NC(=O)C3NC4CCC3C4)cc2)cc1. The van der Waals surface area contributed by atoms with Gasteiger partial charge in [0.05, 0.1) is 12.1 Å². The molecule has 2 bridgehead atoms. The van der Waals surface area contributed by atoms with Crippen LogP contribution in [0.5, 0.6) is 0 Å². The Morgan fingerprint density at radius 2 is 1.76 bits per heavy atom. The van der Waals surface area contributed by atoms with Crippen molar-refractivity contribution in [3.8, 4) is 17.2 Å². The van der Waals surface area contributed by atoms with Crippen LogP contribution in [-0.2, 0) is 11.2 Å². The molecular weight excluding hydrogens is 362 g/mol. The van der Waals surface area contributed by atoms with Gasteiger partial charge < -0.3 is 10.6 Å². The van der Waals surface area contributed by atoms with Crippen LogP contribution < -0.4 is 10.6 Å². The Labute approximate surface area is 171 Å². The molecule has 0 aromatic heterocycles. The number of benzene rings is 2. The molecule has 2 aromatic carbocycles. The number of hydrogen-bond donors (Lipinski definition) is 2. The van der Waals surface area contributed by atoms with Gasteiger partial charge in [0.2, 0.25) is 5.91 Å². The molecule has 5 heteroatoms. The van der Waals surface area contributed by atoms with Gasteiger partial charge in [-0.15, -0.1) is 0 Å². The molecule has 1 aliphatic carbocycles.